The van der Waals surface area contributed by atoms with Crippen molar-refractivity contribution in [3.8, 4) is 11.5 Å². The molecule has 0 atom stereocenters. The van der Waals surface area contributed by atoms with Gasteiger partial charge in [0.1, 0.15) is 13.2 Å². The molecule has 0 radical (unpaired) electrons. The van der Waals surface area contributed by atoms with E-state index in [4.69, 9.17) is 15.2 Å². The van der Waals surface area contributed by atoms with Crippen LogP contribution in [-0.4, -0.2) is 37.2 Å². The molecule has 19 heavy (non-hydrogen) atoms. The smallest absolute Gasteiger partial charge is 0.227 e. The van der Waals surface area contributed by atoms with Crippen LogP contribution >= 0.6 is 0 Å². The number of piperidine rings is 1. The van der Waals surface area contributed by atoms with Gasteiger partial charge < -0.3 is 20.4 Å². The minimum atomic E-state index is 0.302. The molecule has 0 bridgehead atoms. The molecule has 2 N–H and O–H groups in total. The van der Waals surface area contributed by atoms with Crippen LogP contribution < -0.4 is 19.9 Å². The molecule has 3 rings (SSSR count). The van der Waals surface area contributed by atoms with Crippen LogP contribution in [0.2, 0.25) is 0 Å². The minimum absolute atomic E-state index is 0.302. The molecule has 1 saturated heterocycles. The average Bonchev–Trinajstić information content (AvgIpc) is 2.42. The van der Waals surface area contributed by atoms with E-state index in [0.717, 1.165) is 30.7 Å². The summed E-state index contributed by atoms with van der Waals surface area (Å²) in [5.74, 6) is 1.20. The van der Waals surface area contributed by atoms with Crippen LogP contribution in [0.15, 0.2) is 12.3 Å². The van der Waals surface area contributed by atoms with E-state index in [0.29, 0.717) is 43.0 Å². The molecule has 0 aliphatic carbocycles. The maximum atomic E-state index is 12.0. The molecular formula is C13H19N3O3. The Morgan fingerprint density at radius 1 is 1.26 bits per heavy atom. The molecule has 6 nitrogen and oxygen atoms in total. The monoisotopic (exact) mass is 265 g/mol. The van der Waals surface area contributed by atoms with Crippen LogP contribution in [0.25, 0.3) is 0 Å². The van der Waals surface area contributed by atoms with Crippen molar-refractivity contribution in [1.82, 2.24) is 4.90 Å². The van der Waals surface area contributed by atoms with Gasteiger partial charge >= 0.3 is 0 Å². The van der Waals surface area contributed by atoms with Gasteiger partial charge in [-0.1, -0.05) is 0 Å². The van der Waals surface area contributed by atoms with Gasteiger partial charge in [0.2, 0.25) is 17.6 Å². The highest BCUT2D eigenvalue weighted by atomic mass is 16.6. The molecule has 0 unspecified atom stereocenters. The highest BCUT2D eigenvalue weighted by Gasteiger charge is 2.22. The fraction of sp³-hybridized carbons (Fsp3) is 0.615. The van der Waals surface area contributed by atoms with E-state index in [2.05, 4.69) is 4.90 Å². The van der Waals surface area contributed by atoms with Gasteiger partial charge in [-0.25, -0.2) is 0 Å². The highest BCUT2D eigenvalue weighted by Crippen LogP contribution is 2.29. The summed E-state index contributed by atoms with van der Waals surface area (Å²) in [7, 11) is 0. The van der Waals surface area contributed by atoms with Gasteiger partial charge in [0.15, 0.2) is 5.75 Å². The van der Waals surface area contributed by atoms with Gasteiger partial charge in [-0.15, -0.1) is 0 Å². The maximum Gasteiger partial charge on any atom is 0.227 e. The molecule has 1 aromatic rings. The molecule has 6 heteroatoms. The van der Waals surface area contributed by atoms with Crippen LogP contribution in [0.4, 0.5) is 0 Å². The number of ether oxygens (including phenoxy) is 2. The summed E-state index contributed by atoms with van der Waals surface area (Å²) in [4.78, 5) is 2.25. The number of rotatable bonds is 2. The van der Waals surface area contributed by atoms with Crippen LogP contribution in [0.1, 0.15) is 18.5 Å². The SMILES string of the molecule is NC1CCN(Cc2cc3c(c[n+]2[O-])OCCO3)CC1. The number of hydrogen-bond acceptors (Lipinski definition) is 5. The molecule has 0 saturated carbocycles. The van der Waals surface area contributed by atoms with Crippen LogP contribution in [-0.2, 0) is 6.54 Å². The molecule has 1 fully saturated rings. The van der Waals surface area contributed by atoms with E-state index >= 15 is 0 Å². The molecule has 104 valence electrons. The molecular weight excluding hydrogens is 246 g/mol. The molecule has 0 amide bonds. The number of likely N-dealkylation sites (tertiary alicyclic amines) is 1. The Bertz CT molecular complexity index is 459. The van der Waals surface area contributed by atoms with E-state index < -0.39 is 0 Å². The molecule has 1 aromatic heterocycles. The first kappa shape index (κ1) is 12.5. The van der Waals surface area contributed by atoms with Crippen molar-refractivity contribution in [1.29, 1.82) is 0 Å². The second-order valence-corrected chi connectivity index (χ2v) is 5.13. The summed E-state index contributed by atoms with van der Waals surface area (Å²) in [6.07, 6.45) is 3.44. The predicted octanol–water partition coefficient (Wildman–Crippen LogP) is 0.0143. The van der Waals surface area contributed by atoms with Gasteiger partial charge in [0.05, 0.1) is 12.6 Å². The number of aromatic nitrogens is 1. The number of nitrogens with two attached hydrogens (primary N) is 1. The van der Waals surface area contributed by atoms with E-state index in [1.165, 1.54) is 6.20 Å². The summed E-state index contributed by atoms with van der Waals surface area (Å²) in [6.45, 7) is 3.54. The first-order valence-corrected chi connectivity index (χ1v) is 6.72. The Morgan fingerprint density at radius 3 is 2.68 bits per heavy atom. The van der Waals surface area contributed by atoms with Crippen molar-refractivity contribution in [2.24, 2.45) is 5.73 Å². The lowest BCUT2D eigenvalue weighted by Gasteiger charge is -2.29. The van der Waals surface area contributed by atoms with Crippen molar-refractivity contribution in [2.45, 2.75) is 25.4 Å². The van der Waals surface area contributed by atoms with E-state index in [9.17, 15) is 5.21 Å². The third kappa shape index (κ3) is 2.74. The van der Waals surface area contributed by atoms with Crippen molar-refractivity contribution < 1.29 is 14.2 Å². The molecule has 0 aromatic carbocycles. The quantitative estimate of drug-likeness (QED) is 0.602. The van der Waals surface area contributed by atoms with Crippen molar-refractivity contribution in [3.63, 3.8) is 0 Å². The molecule has 3 heterocycles. The Kier molecular flexibility index (Phi) is 3.44. The third-order valence-corrected chi connectivity index (χ3v) is 3.67. The second kappa shape index (κ2) is 5.22. The molecule has 0 spiro atoms. The number of hydrogen-bond donors (Lipinski definition) is 1. The zero-order valence-electron chi connectivity index (χ0n) is 10.9. The van der Waals surface area contributed by atoms with E-state index in [-0.39, 0.29) is 0 Å². The average molecular weight is 265 g/mol. The second-order valence-electron chi connectivity index (χ2n) is 5.13. The lowest BCUT2D eigenvalue weighted by Crippen LogP contribution is -2.42. The summed E-state index contributed by atoms with van der Waals surface area (Å²) >= 11 is 0. The van der Waals surface area contributed by atoms with E-state index in [1.807, 2.05) is 0 Å². The van der Waals surface area contributed by atoms with Gasteiger partial charge in [-0.3, -0.25) is 4.90 Å². The number of nitrogens with zero attached hydrogens (tertiary/aromatic N) is 2. The standard InChI is InChI=1S/C13H19N3O3/c14-10-1-3-15(4-2-10)8-11-7-12-13(9-16(11)17)19-6-5-18-12/h7,9-10H,1-6,8,14H2. The van der Waals surface area contributed by atoms with Gasteiger partial charge in [-0.05, 0) is 12.8 Å². The fourth-order valence-corrected chi connectivity index (χ4v) is 2.52. The largest absolute Gasteiger partial charge is 0.618 e. The van der Waals surface area contributed by atoms with Crippen LogP contribution in [0, 0.1) is 5.21 Å². The Labute approximate surface area is 112 Å². The van der Waals surface area contributed by atoms with Crippen LogP contribution in [0.5, 0.6) is 11.5 Å². The summed E-state index contributed by atoms with van der Waals surface area (Å²) < 4.78 is 11.8. The zero-order chi connectivity index (χ0) is 13.2. The third-order valence-electron chi connectivity index (χ3n) is 3.67. The minimum Gasteiger partial charge on any atom is -0.618 e. The highest BCUT2D eigenvalue weighted by molar-refractivity contribution is 5.37. The maximum absolute atomic E-state index is 12.0. The summed E-state index contributed by atoms with van der Waals surface area (Å²) in [5, 5.41) is 12.0. The Balaban J connectivity index is 1.73. The van der Waals surface area contributed by atoms with Gasteiger partial charge in [0, 0.05) is 19.1 Å². The molecule has 2 aliphatic rings. The summed E-state index contributed by atoms with van der Waals surface area (Å²) in [6, 6.07) is 2.09. The van der Waals surface area contributed by atoms with Crippen molar-refractivity contribution in [3.05, 3.63) is 23.2 Å². The van der Waals surface area contributed by atoms with Crippen LogP contribution in [0.3, 0.4) is 0 Å². The summed E-state index contributed by atoms with van der Waals surface area (Å²) in [5.41, 5.74) is 6.58. The lowest BCUT2D eigenvalue weighted by molar-refractivity contribution is -0.615. The Hall–Kier alpha value is -1.53. The first-order chi connectivity index (χ1) is 9.22. The van der Waals surface area contributed by atoms with Gasteiger partial charge in [0.25, 0.3) is 0 Å². The normalized spacial score (nSPS) is 20.5. The topological polar surface area (TPSA) is 74.7 Å². The van der Waals surface area contributed by atoms with E-state index in [1.54, 1.807) is 6.07 Å². The fourth-order valence-electron chi connectivity index (χ4n) is 2.52. The number of pyridine rings is 1. The van der Waals surface area contributed by atoms with Crippen molar-refractivity contribution >= 4 is 0 Å². The first-order valence-electron chi connectivity index (χ1n) is 6.72. The van der Waals surface area contributed by atoms with Gasteiger partial charge in [-0.2, -0.15) is 4.73 Å². The number of fused-ring (bicyclic) bond motifs is 1. The lowest BCUT2D eigenvalue weighted by atomic mass is 10.1. The van der Waals surface area contributed by atoms with Crippen molar-refractivity contribution in [2.75, 3.05) is 26.3 Å². The molecule has 2 aliphatic heterocycles. The zero-order valence-corrected chi connectivity index (χ0v) is 10.9. The Morgan fingerprint density at radius 2 is 1.95 bits per heavy atom. The predicted molar refractivity (Wildman–Crippen MR) is 68.9 cm³/mol.